The van der Waals surface area contributed by atoms with Gasteiger partial charge in [-0.15, -0.1) is 0 Å². The van der Waals surface area contributed by atoms with Gasteiger partial charge in [-0.05, 0) is 12.6 Å². The summed E-state index contributed by atoms with van der Waals surface area (Å²) in [4.78, 5) is 14.8. The first-order valence-corrected chi connectivity index (χ1v) is 7.92. The fourth-order valence-corrected chi connectivity index (χ4v) is 4.04. The van der Waals surface area contributed by atoms with Crippen LogP contribution in [-0.2, 0) is 14.3 Å². The zero-order valence-corrected chi connectivity index (χ0v) is 12.6. The average molecular weight is 303 g/mol. The zero-order chi connectivity index (χ0) is 15.3. The second kappa shape index (κ2) is 5.33. The highest BCUT2D eigenvalue weighted by molar-refractivity contribution is 5.78. The summed E-state index contributed by atoms with van der Waals surface area (Å²) in [6.07, 6.45) is 2.26. The van der Waals surface area contributed by atoms with E-state index in [9.17, 15) is 9.90 Å². The van der Waals surface area contributed by atoms with Gasteiger partial charge in [0.1, 0.15) is 24.2 Å². The highest BCUT2D eigenvalue weighted by Gasteiger charge is 2.62. The van der Waals surface area contributed by atoms with Crippen molar-refractivity contribution in [1.82, 2.24) is 4.90 Å². The molecule has 3 saturated heterocycles. The number of hydrogen-bond donors (Lipinski definition) is 1. The van der Waals surface area contributed by atoms with Gasteiger partial charge in [0.25, 0.3) is 0 Å². The smallest absolute Gasteiger partial charge is 0.316 e. The van der Waals surface area contributed by atoms with Crippen LogP contribution in [0.3, 0.4) is 0 Å². The lowest BCUT2D eigenvalue weighted by molar-refractivity contribution is -0.156. The zero-order valence-electron chi connectivity index (χ0n) is 12.6. The van der Waals surface area contributed by atoms with Crippen LogP contribution < -0.4 is 0 Å². The van der Waals surface area contributed by atoms with E-state index in [2.05, 4.69) is 11.9 Å². The number of carbonyl (C=O) groups is 1. The largest absolute Gasteiger partial charge is 0.462 e. The lowest BCUT2D eigenvalue weighted by Crippen LogP contribution is -2.48. The average Bonchev–Trinajstić information content (AvgIpc) is 3.27. The number of aliphatic hydroxyl groups excluding tert-OH is 1. The minimum Gasteiger partial charge on any atom is -0.462 e. The quantitative estimate of drug-likeness (QED) is 0.662. The summed E-state index contributed by atoms with van der Waals surface area (Å²) >= 11 is 0. The molecular formula is C17H21NO4. The van der Waals surface area contributed by atoms with Crippen molar-refractivity contribution in [3.63, 3.8) is 0 Å². The van der Waals surface area contributed by atoms with E-state index in [1.165, 1.54) is 0 Å². The standard InChI is InChI=1S/C17H21NO4/c1-18-13-7-11(8-14(18)16-15(13)22-16)21-17(20)12(9-19)10-5-3-2-4-6-10/h2-6,11-16,19H,7-9H2,1H3/t11?,12-,13-,14+,15+,16+/m1/s1. The van der Waals surface area contributed by atoms with Crippen LogP contribution in [0, 0.1) is 0 Å². The third-order valence-corrected chi connectivity index (χ3v) is 5.33. The van der Waals surface area contributed by atoms with E-state index in [4.69, 9.17) is 9.47 Å². The number of hydrogen-bond acceptors (Lipinski definition) is 5. The molecule has 0 aromatic heterocycles. The number of ether oxygens (including phenoxy) is 2. The van der Waals surface area contributed by atoms with E-state index in [1.807, 2.05) is 30.3 Å². The van der Waals surface area contributed by atoms with Gasteiger partial charge >= 0.3 is 5.97 Å². The summed E-state index contributed by atoms with van der Waals surface area (Å²) in [5.41, 5.74) is 0.803. The fourth-order valence-electron chi connectivity index (χ4n) is 4.04. The SMILES string of the molecule is CN1[C@@H]2CC(OC(=O)[C@H](CO)c3ccccc3)C[C@H]1[C@@H]1O[C@H]12. The van der Waals surface area contributed by atoms with Gasteiger partial charge in [0.05, 0.1) is 6.61 Å². The second-order valence-electron chi connectivity index (χ2n) is 6.54. The minimum absolute atomic E-state index is 0.0622. The highest BCUT2D eigenvalue weighted by Crippen LogP contribution is 2.48. The number of carbonyl (C=O) groups excluding carboxylic acids is 1. The Morgan fingerprint density at radius 1 is 1.32 bits per heavy atom. The van der Waals surface area contributed by atoms with Crippen molar-refractivity contribution in [2.75, 3.05) is 13.7 Å². The van der Waals surface area contributed by atoms with E-state index in [0.29, 0.717) is 24.3 Å². The van der Waals surface area contributed by atoms with Crippen molar-refractivity contribution >= 4 is 5.97 Å². The van der Waals surface area contributed by atoms with Crippen LogP contribution in [0.5, 0.6) is 0 Å². The maximum Gasteiger partial charge on any atom is 0.316 e. The number of aliphatic hydroxyl groups is 1. The Labute approximate surface area is 129 Å². The summed E-state index contributed by atoms with van der Waals surface area (Å²) in [5.74, 6) is -0.915. The van der Waals surface area contributed by atoms with Crippen molar-refractivity contribution in [1.29, 1.82) is 0 Å². The Hall–Kier alpha value is -1.43. The number of benzene rings is 1. The third kappa shape index (κ3) is 2.24. The number of rotatable bonds is 4. The molecule has 3 aliphatic heterocycles. The molecule has 1 aromatic rings. The van der Waals surface area contributed by atoms with Crippen molar-refractivity contribution in [3.8, 4) is 0 Å². The van der Waals surface area contributed by atoms with Crippen LogP contribution >= 0.6 is 0 Å². The molecule has 3 fully saturated rings. The second-order valence-corrected chi connectivity index (χ2v) is 6.54. The number of likely N-dealkylation sites (N-methyl/N-ethyl adjacent to an activating group) is 1. The number of nitrogens with zero attached hydrogens (tertiary/aromatic N) is 1. The van der Waals surface area contributed by atoms with Gasteiger partial charge in [0.2, 0.25) is 0 Å². The normalized spacial score (nSPS) is 37.5. The molecule has 0 saturated carbocycles. The van der Waals surface area contributed by atoms with Gasteiger partial charge in [-0.1, -0.05) is 30.3 Å². The number of fused-ring (bicyclic) bond motifs is 5. The van der Waals surface area contributed by atoms with Crippen LogP contribution in [-0.4, -0.2) is 60.0 Å². The number of piperidine rings is 1. The Balaban J connectivity index is 1.42. The van der Waals surface area contributed by atoms with Crippen molar-refractivity contribution < 1.29 is 19.4 Å². The molecular weight excluding hydrogens is 282 g/mol. The number of esters is 1. The van der Waals surface area contributed by atoms with E-state index in [1.54, 1.807) is 0 Å². The predicted octanol–water partition coefficient (Wildman–Crippen LogP) is 0.918. The molecule has 118 valence electrons. The van der Waals surface area contributed by atoms with E-state index in [0.717, 1.165) is 18.4 Å². The van der Waals surface area contributed by atoms with Crippen molar-refractivity contribution in [2.24, 2.45) is 0 Å². The molecule has 5 nitrogen and oxygen atoms in total. The molecule has 5 heteroatoms. The first-order valence-electron chi connectivity index (χ1n) is 7.92. The molecule has 3 heterocycles. The van der Waals surface area contributed by atoms with Crippen LogP contribution in [0.2, 0.25) is 0 Å². The lowest BCUT2D eigenvalue weighted by Gasteiger charge is -2.38. The van der Waals surface area contributed by atoms with Crippen molar-refractivity contribution in [2.45, 2.75) is 49.2 Å². The summed E-state index contributed by atoms with van der Waals surface area (Å²) in [6, 6.07) is 10.1. The molecule has 0 aliphatic carbocycles. The molecule has 22 heavy (non-hydrogen) atoms. The van der Waals surface area contributed by atoms with Gasteiger partial charge in [-0.25, -0.2) is 0 Å². The highest BCUT2D eigenvalue weighted by atomic mass is 16.6. The summed E-state index contributed by atoms with van der Waals surface area (Å²) in [5, 5.41) is 9.56. The maximum absolute atomic E-state index is 12.4. The summed E-state index contributed by atoms with van der Waals surface area (Å²) in [7, 11) is 2.13. The molecule has 3 aliphatic rings. The van der Waals surface area contributed by atoms with Crippen LogP contribution in [0.25, 0.3) is 0 Å². The molecule has 0 spiro atoms. The molecule has 1 unspecified atom stereocenters. The molecule has 0 amide bonds. The van der Waals surface area contributed by atoms with E-state index >= 15 is 0 Å². The molecule has 2 bridgehead atoms. The molecule has 1 aromatic carbocycles. The number of epoxide rings is 1. The fraction of sp³-hybridized carbons (Fsp3) is 0.588. The molecule has 6 atom stereocenters. The Morgan fingerprint density at radius 3 is 2.55 bits per heavy atom. The monoisotopic (exact) mass is 303 g/mol. The van der Waals surface area contributed by atoms with Gasteiger partial charge in [0, 0.05) is 24.9 Å². The topological polar surface area (TPSA) is 62.3 Å². The Kier molecular flexibility index (Phi) is 3.44. The molecule has 0 radical (unpaired) electrons. The number of morpholine rings is 1. The molecule has 4 rings (SSSR count). The Bertz CT molecular complexity index is 545. The van der Waals surface area contributed by atoms with Crippen molar-refractivity contribution in [3.05, 3.63) is 35.9 Å². The van der Waals surface area contributed by atoms with Gasteiger partial charge in [0.15, 0.2) is 0 Å². The van der Waals surface area contributed by atoms with E-state index in [-0.39, 0.29) is 18.7 Å². The summed E-state index contributed by atoms with van der Waals surface area (Å²) < 4.78 is 11.4. The predicted molar refractivity (Wildman–Crippen MR) is 79.4 cm³/mol. The first kappa shape index (κ1) is 14.2. The van der Waals surface area contributed by atoms with Crippen LogP contribution in [0.1, 0.15) is 24.3 Å². The van der Waals surface area contributed by atoms with Crippen LogP contribution in [0.4, 0.5) is 0 Å². The van der Waals surface area contributed by atoms with E-state index < -0.39 is 5.92 Å². The van der Waals surface area contributed by atoms with Gasteiger partial charge in [-0.2, -0.15) is 0 Å². The minimum atomic E-state index is -0.593. The van der Waals surface area contributed by atoms with Gasteiger partial charge < -0.3 is 14.6 Å². The first-order chi connectivity index (χ1) is 10.7. The van der Waals surface area contributed by atoms with Crippen LogP contribution in [0.15, 0.2) is 30.3 Å². The van der Waals surface area contributed by atoms with Gasteiger partial charge in [-0.3, -0.25) is 9.69 Å². The third-order valence-electron chi connectivity index (χ3n) is 5.33. The Morgan fingerprint density at radius 2 is 1.95 bits per heavy atom. The molecule has 1 N–H and O–H groups in total. The maximum atomic E-state index is 12.4. The lowest BCUT2D eigenvalue weighted by atomic mass is 9.97. The summed E-state index contributed by atoms with van der Waals surface area (Å²) in [6.45, 7) is -0.226.